The van der Waals surface area contributed by atoms with Gasteiger partial charge in [0.2, 0.25) is 11.8 Å². The summed E-state index contributed by atoms with van der Waals surface area (Å²) in [5.41, 5.74) is 3.98. The average molecular weight is 296 g/mol. The smallest absolute Gasteiger partial charge is 0.233 e. The SMILES string of the molecule is Cc1ccc(NC(=O)CC(=O)NCc2ccccc2C)cc1. The Morgan fingerprint density at radius 3 is 2.27 bits per heavy atom. The van der Waals surface area contributed by atoms with Crippen molar-refractivity contribution in [2.75, 3.05) is 5.32 Å². The number of carbonyl (C=O) groups is 2. The molecule has 0 aliphatic carbocycles. The summed E-state index contributed by atoms with van der Waals surface area (Å²) < 4.78 is 0. The topological polar surface area (TPSA) is 58.2 Å². The first-order valence-electron chi connectivity index (χ1n) is 7.22. The van der Waals surface area contributed by atoms with Gasteiger partial charge in [0, 0.05) is 12.2 Å². The van der Waals surface area contributed by atoms with E-state index in [0.717, 1.165) is 16.7 Å². The number of hydrogen-bond acceptors (Lipinski definition) is 2. The molecular weight excluding hydrogens is 276 g/mol. The monoisotopic (exact) mass is 296 g/mol. The van der Waals surface area contributed by atoms with Gasteiger partial charge in [0.1, 0.15) is 6.42 Å². The van der Waals surface area contributed by atoms with Crippen LogP contribution >= 0.6 is 0 Å². The highest BCUT2D eigenvalue weighted by Gasteiger charge is 2.09. The van der Waals surface area contributed by atoms with Gasteiger partial charge < -0.3 is 10.6 Å². The van der Waals surface area contributed by atoms with Gasteiger partial charge in [0.05, 0.1) is 0 Å². The van der Waals surface area contributed by atoms with Gasteiger partial charge in [-0.2, -0.15) is 0 Å². The third-order valence-corrected chi connectivity index (χ3v) is 3.39. The van der Waals surface area contributed by atoms with Gasteiger partial charge in [-0.25, -0.2) is 0 Å². The van der Waals surface area contributed by atoms with E-state index in [0.29, 0.717) is 12.2 Å². The minimum Gasteiger partial charge on any atom is -0.352 e. The van der Waals surface area contributed by atoms with Crippen LogP contribution in [0.5, 0.6) is 0 Å². The number of benzene rings is 2. The Morgan fingerprint density at radius 1 is 0.909 bits per heavy atom. The van der Waals surface area contributed by atoms with Crippen molar-refractivity contribution in [3.63, 3.8) is 0 Å². The quantitative estimate of drug-likeness (QED) is 0.833. The van der Waals surface area contributed by atoms with Crippen LogP contribution in [0.1, 0.15) is 23.1 Å². The lowest BCUT2D eigenvalue weighted by molar-refractivity contribution is -0.126. The van der Waals surface area contributed by atoms with Crippen molar-refractivity contribution >= 4 is 17.5 Å². The fraction of sp³-hybridized carbons (Fsp3) is 0.222. The number of anilines is 1. The number of carbonyl (C=O) groups excluding carboxylic acids is 2. The summed E-state index contributed by atoms with van der Waals surface area (Å²) in [5.74, 6) is -0.598. The first-order chi connectivity index (χ1) is 10.5. The van der Waals surface area contributed by atoms with E-state index >= 15 is 0 Å². The maximum absolute atomic E-state index is 11.8. The van der Waals surface area contributed by atoms with Crippen molar-refractivity contribution in [3.05, 3.63) is 65.2 Å². The van der Waals surface area contributed by atoms with Crippen LogP contribution in [0.25, 0.3) is 0 Å². The molecule has 4 heteroatoms. The molecule has 4 nitrogen and oxygen atoms in total. The van der Waals surface area contributed by atoms with E-state index in [9.17, 15) is 9.59 Å². The van der Waals surface area contributed by atoms with Crippen LogP contribution in [0.15, 0.2) is 48.5 Å². The highest BCUT2D eigenvalue weighted by molar-refractivity contribution is 6.03. The normalized spacial score (nSPS) is 10.1. The fourth-order valence-electron chi connectivity index (χ4n) is 2.05. The van der Waals surface area contributed by atoms with Gasteiger partial charge in [-0.05, 0) is 37.1 Å². The molecule has 0 aliphatic rings. The number of aryl methyl sites for hydroxylation is 2. The Bertz CT molecular complexity index is 663. The third kappa shape index (κ3) is 4.74. The molecule has 114 valence electrons. The Kier molecular flexibility index (Phi) is 5.31. The highest BCUT2D eigenvalue weighted by Crippen LogP contribution is 2.09. The van der Waals surface area contributed by atoms with E-state index in [2.05, 4.69) is 10.6 Å². The van der Waals surface area contributed by atoms with Gasteiger partial charge in [-0.3, -0.25) is 9.59 Å². The maximum atomic E-state index is 11.8. The van der Waals surface area contributed by atoms with Crippen LogP contribution in [0.2, 0.25) is 0 Å². The molecule has 0 saturated carbocycles. The molecule has 0 aliphatic heterocycles. The zero-order chi connectivity index (χ0) is 15.9. The van der Waals surface area contributed by atoms with Crippen molar-refractivity contribution in [2.45, 2.75) is 26.8 Å². The lowest BCUT2D eigenvalue weighted by Crippen LogP contribution is -2.28. The molecule has 2 N–H and O–H groups in total. The van der Waals surface area contributed by atoms with Gasteiger partial charge >= 0.3 is 0 Å². The molecule has 0 radical (unpaired) electrons. The lowest BCUT2D eigenvalue weighted by Gasteiger charge is -2.08. The molecule has 0 unspecified atom stereocenters. The van der Waals surface area contributed by atoms with Crippen LogP contribution in [0, 0.1) is 13.8 Å². The molecule has 2 aromatic carbocycles. The predicted molar refractivity (Wildman–Crippen MR) is 87.5 cm³/mol. The first kappa shape index (κ1) is 15.8. The van der Waals surface area contributed by atoms with Gasteiger partial charge in [-0.1, -0.05) is 42.0 Å². The van der Waals surface area contributed by atoms with Crippen molar-refractivity contribution in [1.82, 2.24) is 5.32 Å². The molecule has 0 fully saturated rings. The van der Waals surface area contributed by atoms with Gasteiger partial charge in [0.25, 0.3) is 0 Å². The summed E-state index contributed by atoms with van der Waals surface area (Å²) in [7, 11) is 0. The molecule has 0 bridgehead atoms. The molecular formula is C18H20N2O2. The maximum Gasteiger partial charge on any atom is 0.233 e. The Labute approximate surface area is 130 Å². The van der Waals surface area contributed by atoms with Crippen molar-refractivity contribution in [2.24, 2.45) is 0 Å². The van der Waals surface area contributed by atoms with Crippen LogP contribution in [-0.4, -0.2) is 11.8 Å². The van der Waals surface area contributed by atoms with Crippen LogP contribution in [-0.2, 0) is 16.1 Å². The van der Waals surface area contributed by atoms with E-state index in [1.165, 1.54) is 0 Å². The van der Waals surface area contributed by atoms with Gasteiger partial charge in [0.15, 0.2) is 0 Å². The second-order valence-electron chi connectivity index (χ2n) is 5.29. The molecule has 0 heterocycles. The molecule has 22 heavy (non-hydrogen) atoms. The zero-order valence-corrected chi connectivity index (χ0v) is 12.8. The molecule has 0 atom stereocenters. The predicted octanol–water partition coefficient (Wildman–Crippen LogP) is 2.95. The lowest BCUT2D eigenvalue weighted by atomic mass is 10.1. The third-order valence-electron chi connectivity index (χ3n) is 3.39. The largest absolute Gasteiger partial charge is 0.352 e. The zero-order valence-electron chi connectivity index (χ0n) is 12.8. The van der Waals surface area contributed by atoms with E-state index in [1.807, 2.05) is 62.4 Å². The van der Waals surface area contributed by atoms with Crippen molar-refractivity contribution in [3.8, 4) is 0 Å². The summed E-state index contributed by atoms with van der Waals surface area (Å²) in [6, 6.07) is 15.3. The Hall–Kier alpha value is -2.62. The number of nitrogens with one attached hydrogen (secondary N) is 2. The number of amides is 2. The first-order valence-corrected chi connectivity index (χ1v) is 7.22. The molecule has 2 aromatic rings. The van der Waals surface area contributed by atoms with E-state index in [-0.39, 0.29) is 18.2 Å². The summed E-state index contributed by atoms with van der Waals surface area (Å²) in [6.07, 6.45) is -0.181. The molecule has 0 spiro atoms. The van der Waals surface area contributed by atoms with Crippen LogP contribution in [0.4, 0.5) is 5.69 Å². The standard InChI is InChI=1S/C18H20N2O2/c1-13-7-9-16(10-8-13)20-18(22)11-17(21)19-12-15-6-4-3-5-14(15)2/h3-10H,11-12H2,1-2H3,(H,19,21)(H,20,22). The fourth-order valence-corrected chi connectivity index (χ4v) is 2.05. The summed E-state index contributed by atoms with van der Waals surface area (Å²) in [5, 5.41) is 5.48. The van der Waals surface area contributed by atoms with E-state index in [4.69, 9.17) is 0 Å². The minimum absolute atomic E-state index is 0.181. The average Bonchev–Trinajstić information content (AvgIpc) is 2.49. The Morgan fingerprint density at radius 2 is 1.59 bits per heavy atom. The highest BCUT2D eigenvalue weighted by atomic mass is 16.2. The summed E-state index contributed by atoms with van der Waals surface area (Å²) >= 11 is 0. The second kappa shape index (κ2) is 7.41. The van der Waals surface area contributed by atoms with Gasteiger partial charge in [-0.15, -0.1) is 0 Å². The second-order valence-corrected chi connectivity index (χ2v) is 5.29. The van der Waals surface area contributed by atoms with Crippen LogP contribution in [0.3, 0.4) is 0 Å². The summed E-state index contributed by atoms with van der Waals surface area (Å²) in [6.45, 7) is 4.40. The minimum atomic E-state index is -0.314. The van der Waals surface area contributed by atoms with Crippen molar-refractivity contribution in [1.29, 1.82) is 0 Å². The van der Waals surface area contributed by atoms with Crippen molar-refractivity contribution < 1.29 is 9.59 Å². The molecule has 2 rings (SSSR count). The summed E-state index contributed by atoms with van der Waals surface area (Å²) in [4.78, 5) is 23.6. The van der Waals surface area contributed by atoms with Crippen LogP contribution < -0.4 is 10.6 Å². The Balaban J connectivity index is 1.80. The molecule has 0 saturated heterocycles. The van der Waals surface area contributed by atoms with E-state index < -0.39 is 0 Å². The number of hydrogen-bond donors (Lipinski definition) is 2. The molecule has 2 amide bonds. The van der Waals surface area contributed by atoms with E-state index in [1.54, 1.807) is 0 Å². The number of rotatable bonds is 5. The molecule has 0 aromatic heterocycles.